The fourth-order valence-electron chi connectivity index (χ4n) is 0.948. The molecule has 0 saturated heterocycles. The van der Waals surface area contributed by atoms with Gasteiger partial charge in [0, 0.05) is 12.2 Å². The summed E-state index contributed by atoms with van der Waals surface area (Å²) in [5, 5.41) is 4.43. The largest absolute Gasteiger partial charge is 0.270 e. The Morgan fingerprint density at radius 1 is 1.15 bits per heavy atom. The lowest BCUT2D eigenvalue weighted by Crippen LogP contribution is -2.02. The lowest BCUT2D eigenvalue weighted by atomic mass is 10.1. The van der Waals surface area contributed by atoms with Crippen molar-refractivity contribution in [1.29, 1.82) is 0 Å². The summed E-state index contributed by atoms with van der Waals surface area (Å²) in [6.07, 6.45) is 2.04. The van der Waals surface area contributed by atoms with Crippen LogP contribution in [0, 0.1) is 0 Å². The van der Waals surface area contributed by atoms with Crippen LogP contribution in [0.25, 0.3) is 0 Å². The zero-order valence-electron chi connectivity index (χ0n) is 9.70. The van der Waals surface area contributed by atoms with E-state index in [2.05, 4.69) is 38.9 Å². The van der Waals surface area contributed by atoms with Crippen molar-refractivity contribution >= 4 is 0 Å². The summed E-state index contributed by atoms with van der Waals surface area (Å²) < 4.78 is 2.00. The van der Waals surface area contributed by atoms with E-state index in [0.29, 0.717) is 12.0 Å². The van der Waals surface area contributed by atoms with Crippen molar-refractivity contribution in [2.45, 2.75) is 53.5 Å². The van der Waals surface area contributed by atoms with Gasteiger partial charge in [-0.05, 0) is 25.8 Å². The monoisotopic (exact) mass is 182 g/mol. The van der Waals surface area contributed by atoms with E-state index >= 15 is 0 Å². The Hall–Kier alpha value is -0.790. The summed E-state index contributed by atoms with van der Waals surface area (Å²) in [6, 6.07) is 2.56. The Morgan fingerprint density at radius 2 is 1.69 bits per heavy atom. The molecule has 1 aromatic heterocycles. The molecule has 0 aliphatic rings. The van der Waals surface area contributed by atoms with Gasteiger partial charge in [-0.15, -0.1) is 0 Å². The van der Waals surface area contributed by atoms with Gasteiger partial charge in [0.25, 0.3) is 0 Å². The van der Waals surface area contributed by atoms with E-state index < -0.39 is 0 Å². The van der Waals surface area contributed by atoms with E-state index in [1.54, 1.807) is 0 Å². The van der Waals surface area contributed by atoms with Gasteiger partial charge in [0.1, 0.15) is 0 Å². The van der Waals surface area contributed by atoms with Crippen LogP contribution in [0.15, 0.2) is 12.3 Å². The molecule has 2 heteroatoms. The van der Waals surface area contributed by atoms with Gasteiger partial charge in [0.05, 0.1) is 5.69 Å². The Morgan fingerprint density at radius 3 is 1.92 bits per heavy atom. The van der Waals surface area contributed by atoms with E-state index in [-0.39, 0.29) is 0 Å². The van der Waals surface area contributed by atoms with Crippen LogP contribution in [0.5, 0.6) is 0 Å². The van der Waals surface area contributed by atoms with Crippen LogP contribution in [-0.4, -0.2) is 9.78 Å². The minimum Gasteiger partial charge on any atom is -0.270 e. The molecule has 1 aromatic rings. The highest BCUT2D eigenvalue weighted by atomic mass is 15.3. The lowest BCUT2D eigenvalue weighted by molar-refractivity contribution is 0.523. The second-order valence-corrected chi connectivity index (χ2v) is 3.47. The van der Waals surface area contributed by atoms with Crippen molar-refractivity contribution < 1.29 is 0 Å². The zero-order chi connectivity index (χ0) is 10.4. The minimum absolute atomic E-state index is 0.475. The summed E-state index contributed by atoms with van der Waals surface area (Å²) in [5.74, 6) is 0.537. The van der Waals surface area contributed by atoms with Crippen LogP contribution >= 0.6 is 0 Å². The molecule has 0 unspecified atom stereocenters. The van der Waals surface area contributed by atoms with E-state index in [1.165, 1.54) is 5.69 Å². The van der Waals surface area contributed by atoms with Crippen molar-refractivity contribution in [2.75, 3.05) is 0 Å². The summed E-state index contributed by atoms with van der Waals surface area (Å²) in [7, 11) is 0. The van der Waals surface area contributed by atoms with Gasteiger partial charge < -0.3 is 0 Å². The van der Waals surface area contributed by atoms with Crippen molar-refractivity contribution in [2.24, 2.45) is 0 Å². The fourth-order valence-corrected chi connectivity index (χ4v) is 0.948. The second kappa shape index (κ2) is 5.79. The molecular weight excluding hydrogens is 160 g/mol. The highest BCUT2D eigenvalue weighted by molar-refractivity contribution is 5.03. The predicted octanol–water partition coefficient (Wildman–Crippen LogP) is 3.61. The van der Waals surface area contributed by atoms with Gasteiger partial charge in [-0.25, -0.2) is 0 Å². The smallest absolute Gasteiger partial charge is 0.0650 e. The van der Waals surface area contributed by atoms with Gasteiger partial charge in [-0.3, -0.25) is 4.68 Å². The maximum Gasteiger partial charge on any atom is 0.0650 e. The normalized spacial score (nSPS) is 10.2. The standard InChI is InChI=1S/C9H16N2.C2H6/c1-7(2)9-5-6-11(10-9)8(3)4;1-2/h5-8H,1-4H3;1-2H3. The Balaban J connectivity index is 0.000000671. The second-order valence-electron chi connectivity index (χ2n) is 3.47. The number of rotatable bonds is 2. The van der Waals surface area contributed by atoms with Crippen molar-refractivity contribution in [3.63, 3.8) is 0 Å². The molecule has 1 rings (SSSR count). The van der Waals surface area contributed by atoms with E-state index in [9.17, 15) is 0 Å². The molecule has 0 atom stereocenters. The van der Waals surface area contributed by atoms with Crippen LogP contribution in [0.3, 0.4) is 0 Å². The Kier molecular flexibility index (Phi) is 5.44. The molecule has 0 aromatic carbocycles. The highest BCUT2D eigenvalue weighted by Crippen LogP contribution is 2.12. The molecule has 0 saturated carbocycles. The first-order chi connectivity index (χ1) is 6.11. The number of hydrogen-bond donors (Lipinski definition) is 0. The molecule has 0 radical (unpaired) electrons. The third-order valence-electron chi connectivity index (χ3n) is 1.75. The maximum absolute atomic E-state index is 4.43. The summed E-state index contributed by atoms with van der Waals surface area (Å²) >= 11 is 0. The first-order valence-corrected chi connectivity index (χ1v) is 5.16. The third kappa shape index (κ3) is 3.62. The molecule has 76 valence electrons. The molecule has 13 heavy (non-hydrogen) atoms. The average Bonchev–Trinajstić information content (AvgIpc) is 2.56. The van der Waals surface area contributed by atoms with E-state index in [1.807, 2.05) is 24.7 Å². The molecular formula is C11H22N2. The molecule has 0 aliphatic carbocycles. The first-order valence-electron chi connectivity index (χ1n) is 5.16. The minimum atomic E-state index is 0.475. The van der Waals surface area contributed by atoms with Crippen LogP contribution < -0.4 is 0 Å². The number of nitrogens with zero attached hydrogens (tertiary/aromatic N) is 2. The van der Waals surface area contributed by atoms with Crippen molar-refractivity contribution in [3.8, 4) is 0 Å². The third-order valence-corrected chi connectivity index (χ3v) is 1.75. The molecule has 0 spiro atoms. The van der Waals surface area contributed by atoms with Crippen molar-refractivity contribution in [1.82, 2.24) is 9.78 Å². The van der Waals surface area contributed by atoms with Crippen LogP contribution in [0.2, 0.25) is 0 Å². The van der Waals surface area contributed by atoms with Gasteiger partial charge >= 0.3 is 0 Å². The van der Waals surface area contributed by atoms with Gasteiger partial charge in [-0.1, -0.05) is 27.7 Å². The summed E-state index contributed by atoms with van der Waals surface area (Å²) in [4.78, 5) is 0. The zero-order valence-corrected chi connectivity index (χ0v) is 9.70. The van der Waals surface area contributed by atoms with Gasteiger partial charge in [-0.2, -0.15) is 5.10 Å². The lowest BCUT2D eigenvalue weighted by Gasteiger charge is -2.04. The summed E-state index contributed by atoms with van der Waals surface area (Å²) in [5.41, 5.74) is 1.18. The topological polar surface area (TPSA) is 17.8 Å². The van der Waals surface area contributed by atoms with E-state index in [4.69, 9.17) is 0 Å². The summed E-state index contributed by atoms with van der Waals surface area (Å²) in [6.45, 7) is 12.6. The van der Waals surface area contributed by atoms with Crippen molar-refractivity contribution in [3.05, 3.63) is 18.0 Å². The Bertz CT molecular complexity index is 201. The SMILES string of the molecule is CC.CC(C)c1ccn(C(C)C)n1. The average molecular weight is 182 g/mol. The van der Waals surface area contributed by atoms with Crippen LogP contribution in [0.1, 0.15) is 59.2 Å². The molecule has 0 amide bonds. The molecule has 0 aliphatic heterocycles. The molecule has 0 N–H and O–H groups in total. The van der Waals surface area contributed by atoms with E-state index in [0.717, 1.165) is 0 Å². The number of hydrogen-bond acceptors (Lipinski definition) is 1. The molecule has 2 nitrogen and oxygen atoms in total. The quantitative estimate of drug-likeness (QED) is 0.683. The fraction of sp³-hybridized carbons (Fsp3) is 0.727. The highest BCUT2D eigenvalue weighted by Gasteiger charge is 2.04. The predicted molar refractivity (Wildman–Crippen MR) is 58.0 cm³/mol. The first kappa shape index (κ1) is 12.2. The maximum atomic E-state index is 4.43. The number of aromatic nitrogens is 2. The van der Waals surface area contributed by atoms with Gasteiger partial charge in [0.2, 0.25) is 0 Å². The molecule has 0 fully saturated rings. The molecule has 0 bridgehead atoms. The molecule has 1 heterocycles. The van der Waals surface area contributed by atoms with Crippen LogP contribution in [0.4, 0.5) is 0 Å². The van der Waals surface area contributed by atoms with Gasteiger partial charge in [0.15, 0.2) is 0 Å². The Labute approximate surface area is 82.0 Å². The van der Waals surface area contributed by atoms with Crippen LogP contribution in [-0.2, 0) is 0 Å².